The van der Waals surface area contributed by atoms with Gasteiger partial charge in [0.25, 0.3) is 32.1 Å². The number of carbonyl (C=O) groups excluding carboxylic acids is 2. The molecule has 5 aromatic carbocycles. The molecule has 0 aliphatic heterocycles. The smallest absolute Gasteiger partial charge is 0.294 e. The Kier molecular flexibility index (Phi) is 16.6. The fourth-order valence-corrected chi connectivity index (χ4v) is 6.63. The molecule has 8 N–H and O–H groups in total. The minimum absolute atomic E-state index is 0.0666. The van der Waals surface area contributed by atoms with Crippen LogP contribution in [0.1, 0.15) is 45.7 Å². The van der Waals surface area contributed by atoms with Crippen molar-refractivity contribution < 1.29 is 35.5 Å². The van der Waals surface area contributed by atoms with E-state index in [0.717, 1.165) is 24.2 Å². The fourth-order valence-electron chi connectivity index (χ4n) is 5.67. The summed E-state index contributed by atoms with van der Waals surface area (Å²) in [6.45, 7) is 9.09. The molecular weight excluding hydrogens is 885 g/mol. The van der Waals surface area contributed by atoms with Gasteiger partial charge in [0.1, 0.15) is 0 Å². The Morgan fingerprint density at radius 2 is 0.848 bits per heavy atom. The normalized spacial score (nSPS) is 11.7. The molecule has 0 fully saturated rings. The first-order valence-electron chi connectivity index (χ1n) is 20.1. The van der Waals surface area contributed by atoms with E-state index in [1.165, 1.54) is 24.3 Å². The third-order valence-electron chi connectivity index (χ3n) is 9.32. The van der Waals surface area contributed by atoms with Gasteiger partial charge in [-0.1, -0.05) is 35.4 Å². The number of carbonyl (C=O) groups is 2. The number of aryl methyl sites for hydroxylation is 4. The van der Waals surface area contributed by atoms with E-state index < -0.39 is 20.2 Å². The molecular formula is C46H48N10O8S2. The Hall–Kier alpha value is -7.78. The van der Waals surface area contributed by atoms with Crippen LogP contribution in [0.4, 0.5) is 34.6 Å². The standard InChI is InChI=1S/C32H32N10O2.2C7H8O3S/c1-3-41-19-17-27(39-31(41)33)35-23-9-13-25(14-10-23)37-29(43)21-5-7-22(8-6-21)30(44)38-26-15-11-24(12-16-26)36-28-18-20-42(4-2)32(34)40-28;2*1-6-2-4-7(5-3-6)11(8,9)10/h5-20H,3-4H2,1-2H3,(H,37,43)(H,38,44)(H2,33,35,39)(H2,34,36,40);2*2-5H,1H3,(H,8,9,10). The SMILES string of the molecule is CCn1ccc(=Nc2ccc(NC(=O)c3ccc(C(=O)Nc4ccc(N=c5ccn(CC)c(N)n5)cc4)cc3)cc2)nc1N.Cc1ccc(S(=O)(=O)O)cc1.Cc1ccc(S(=O)(=O)O)cc1. The number of hydrogen-bond acceptors (Lipinski definition) is 12. The topological polar surface area (TPSA) is 279 Å². The van der Waals surface area contributed by atoms with Gasteiger partial charge in [-0.05, 0) is 137 Å². The molecule has 2 amide bonds. The van der Waals surface area contributed by atoms with Crippen LogP contribution in [0.3, 0.4) is 0 Å². The van der Waals surface area contributed by atoms with Crippen molar-refractivity contribution in [2.75, 3.05) is 22.1 Å². The highest BCUT2D eigenvalue weighted by molar-refractivity contribution is 7.86. The second-order valence-corrected chi connectivity index (χ2v) is 17.1. The van der Waals surface area contributed by atoms with E-state index in [2.05, 4.69) is 30.6 Å². The zero-order valence-electron chi connectivity index (χ0n) is 36.3. The Morgan fingerprint density at radius 1 is 0.530 bits per heavy atom. The maximum absolute atomic E-state index is 12.8. The van der Waals surface area contributed by atoms with Crippen molar-refractivity contribution in [2.45, 2.75) is 50.6 Å². The van der Waals surface area contributed by atoms with Crippen molar-refractivity contribution in [3.63, 3.8) is 0 Å². The molecule has 20 heteroatoms. The molecule has 0 bridgehead atoms. The maximum Gasteiger partial charge on any atom is 0.294 e. The maximum atomic E-state index is 12.8. The van der Waals surface area contributed by atoms with Gasteiger partial charge in [-0.3, -0.25) is 18.7 Å². The number of nitrogens with zero attached hydrogens (tertiary/aromatic N) is 6. The summed E-state index contributed by atoms with van der Waals surface area (Å²) < 4.78 is 62.7. The van der Waals surface area contributed by atoms with Crippen LogP contribution in [0.5, 0.6) is 0 Å². The fraction of sp³-hybridized carbons (Fsp3) is 0.130. The summed E-state index contributed by atoms with van der Waals surface area (Å²) in [5.74, 6) is 0.170. The van der Waals surface area contributed by atoms with Crippen molar-refractivity contribution in [1.29, 1.82) is 0 Å². The molecule has 0 aliphatic rings. The van der Waals surface area contributed by atoms with Crippen LogP contribution in [0.25, 0.3) is 0 Å². The number of anilines is 4. The molecule has 18 nitrogen and oxygen atoms in total. The van der Waals surface area contributed by atoms with E-state index >= 15 is 0 Å². The molecule has 0 spiro atoms. The van der Waals surface area contributed by atoms with Crippen LogP contribution in [0, 0.1) is 13.8 Å². The lowest BCUT2D eigenvalue weighted by Crippen LogP contribution is -2.16. The number of aromatic nitrogens is 4. The van der Waals surface area contributed by atoms with Crippen molar-refractivity contribution in [2.24, 2.45) is 9.98 Å². The van der Waals surface area contributed by atoms with Crippen molar-refractivity contribution in [3.05, 3.63) is 179 Å². The lowest BCUT2D eigenvalue weighted by Gasteiger charge is -2.08. The van der Waals surface area contributed by atoms with Crippen LogP contribution in [-0.2, 0) is 33.3 Å². The van der Waals surface area contributed by atoms with Crippen LogP contribution < -0.4 is 33.1 Å². The Balaban J connectivity index is 0.000000301. The van der Waals surface area contributed by atoms with Gasteiger partial charge in [0.05, 0.1) is 21.2 Å². The van der Waals surface area contributed by atoms with Gasteiger partial charge in [-0.25, -0.2) is 9.98 Å². The summed E-state index contributed by atoms with van der Waals surface area (Å²) in [5.41, 5.74) is 18.1. The third kappa shape index (κ3) is 14.6. The van der Waals surface area contributed by atoms with Crippen LogP contribution >= 0.6 is 0 Å². The Labute approximate surface area is 381 Å². The first-order chi connectivity index (χ1) is 31.3. The molecule has 66 heavy (non-hydrogen) atoms. The summed E-state index contributed by atoms with van der Waals surface area (Å²) >= 11 is 0. The number of benzene rings is 5. The van der Waals surface area contributed by atoms with Gasteiger partial charge in [0.2, 0.25) is 11.9 Å². The van der Waals surface area contributed by atoms with E-state index in [1.54, 1.807) is 109 Å². The zero-order chi connectivity index (χ0) is 48.0. The number of nitrogens with one attached hydrogen (secondary N) is 2. The van der Waals surface area contributed by atoms with Crippen LogP contribution in [-0.4, -0.2) is 56.9 Å². The third-order valence-corrected chi connectivity index (χ3v) is 11.1. The average Bonchev–Trinajstić information content (AvgIpc) is 3.28. The first-order valence-corrected chi connectivity index (χ1v) is 23.0. The molecule has 0 radical (unpaired) electrons. The largest absolute Gasteiger partial charge is 0.369 e. The summed E-state index contributed by atoms with van der Waals surface area (Å²) in [7, 11) is -8.04. The molecule has 2 aromatic heterocycles. The molecule has 7 rings (SSSR count). The molecule has 0 aliphatic carbocycles. The van der Waals surface area contributed by atoms with Crippen molar-refractivity contribution in [1.82, 2.24) is 19.1 Å². The number of hydrogen-bond donors (Lipinski definition) is 6. The van der Waals surface area contributed by atoms with Crippen molar-refractivity contribution in [3.8, 4) is 0 Å². The molecule has 7 aromatic rings. The highest BCUT2D eigenvalue weighted by Crippen LogP contribution is 2.19. The molecule has 0 atom stereocenters. The highest BCUT2D eigenvalue weighted by atomic mass is 32.2. The lowest BCUT2D eigenvalue weighted by atomic mass is 10.1. The van der Waals surface area contributed by atoms with E-state index in [0.29, 0.717) is 56.7 Å². The number of amides is 2. The highest BCUT2D eigenvalue weighted by Gasteiger charge is 2.11. The summed E-state index contributed by atoms with van der Waals surface area (Å²) in [6, 6.07) is 36.1. The van der Waals surface area contributed by atoms with Gasteiger partial charge < -0.3 is 31.2 Å². The number of rotatable bonds is 10. The monoisotopic (exact) mass is 932 g/mol. The van der Waals surface area contributed by atoms with Crippen LogP contribution in [0.2, 0.25) is 0 Å². The predicted octanol–water partition coefficient (Wildman–Crippen LogP) is 6.74. The second-order valence-electron chi connectivity index (χ2n) is 14.2. The molecule has 0 saturated carbocycles. The van der Waals surface area contributed by atoms with Crippen LogP contribution in [0.15, 0.2) is 166 Å². The number of nitrogens with two attached hydrogens (primary N) is 2. The average molecular weight is 933 g/mol. The second kappa shape index (κ2) is 22.2. The van der Waals surface area contributed by atoms with Gasteiger partial charge in [-0.15, -0.1) is 0 Å². The van der Waals surface area contributed by atoms with E-state index in [4.69, 9.17) is 20.6 Å². The molecule has 2 heterocycles. The van der Waals surface area contributed by atoms with Gasteiger partial charge in [0.15, 0.2) is 11.0 Å². The summed E-state index contributed by atoms with van der Waals surface area (Å²) in [6.07, 6.45) is 3.67. The predicted molar refractivity (Wildman–Crippen MR) is 252 cm³/mol. The minimum atomic E-state index is -4.02. The van der Waals surface area contributed by atoms with E-state index in [-0.39, 0.29) is 21.6 Å². The Morgan fingerprint density at radius 3 is 1.12 bits per heavy atom. The lowest BCUT2D eigenvalue weighted by molar-refractivity contribution is 0.101. The van der Waals surface area contributed by atoms with Crippen molar-refractivity contribution >= 4 is 66.7 Å². The Bertz CT molecular complexity index is 2940. The van der Waals surface area contributed by atoms with Gasteiger partial charge in [-0.2, -0.15) is 26.8 Å². The zero-order valence-corrected chi connectivity index (χ0v) is 37.9. The van der Waals surface area contributed by atoms with Gasteiger partial charge >= 0.3 is 0 Å². The molecule has 0 saturated heterocycles. The van der Waals surface area contributed by atoms with E-state index in [1.807, 2.05) is 49.2 Å². The minimum Gasteiger partial charge on any atom is -0.369 e. The quantitative estimate of drug-likeness (QED) is 0.0779. The first kappa shape index (κ1) is 49.2. The summed E-state index contributed by atoms with van der Waals surface area (Å²) in [4.78, 5) is 43.0. The molecule has 0 unspecified atom stereocenters. The van der Waals surface area contributed by atoms with E-state index in [9.17, 15) is 26.4 Å². The summed E-state index contributed by atoms with van der Waals surface area (Å²) in [5, 5.41) is 5.70. The van der Waals surface area contributed by atoms with Gasteiger partial charge in [0, 0.05) is 48.0 Å². The number of nitrogen functional groups attached to an aromatic ring is 2. The molecule has 342 valence electrons.